The third-order valence-corrected chi connectivity index (χ3v) is 6.76. The maximum absolute atomic E-state index is 12.3. The van der Waals surface area contributed by atoms with E-state index in [-0.39, 0.29) is 6.10 Å². The van der Waals surface area contributed by atoms with Crippen molar-refractivity contribution in [1.29, 1.82) is 0 Å². The van der Waals surface area contributed by atoms with Crippen LogP contribution in [0.2, 0.25) is 0 Å². The smallest absolute Gasteiger partial charge is 0.242 e. The fourth-order valence-corrected chi connectivity index (χ4v) is 4.42. The third kappa shape index (κ3) is 4.53. The number of nitrogens with zero attached hydrogens (tertiary/aromatic N) is 2. The molecule has 0 radical (unpaired) electrons. The summed E-state index contributed by atoms with van der Waals surface area (Å²) in [5.74, 6) is 0. The molecule has 1 saturated heterocycles. The van der Waals surface area contributed by atoms with Crippen LogP contribution in [0.4, 0.5) is 0 Å². The van der Waals surface area contributed by atoms with Crippen LogP contribution in [0.1, 0.15) is 17.2 Å². The summed E-state index contributed by atoms with van der Waals surface area (Å²) < 4.78 is 32.9. The van der Waals surface area contributed by atoms with Crippen LogP contribution in [0, 0.1) is 0 Å². The van der Waals surface area contributed by atoms with Crippen LogP contribution >= 0.6 is 15.9 Å². The second-order valence-corrected chi connectivity index (χ2v) is 9.65. The van der Waals surface area contributed by atoms with Gasteiger partial charge in [0, 0.05) is 38.2 Å². The van der Waals surface area contributed by atoms with Crippen molar-refractivity contribution < 1.29 is 13.2 Å². The minimum atomic E-state index is -3.41. The van der Waals surface area contributed by atoms with E-state index in [1.807, 2.05) is 18.2 Å². The Morgan fingerprint density at radius 1 is 1.19 bits per heavy atom. The molecule has 1 aliphatic rings. The number of benzene rings is 2. The largest absolute Gasteiger partial charge is 0.371 e. The fourth-order valence-electron chi connectivity index (χ4n) is 3.03. The molecule has 140 valence electrons. The summed E-state index contributed by atoms with van der Waals surface area (Å²) in [7, 11) is -0.317. The van der Waals surface area contributed by atoms with Crippen LogP contribution < -0.4 is 0 Å². The molecule has 1 atom stereocenters. The van der Waals surface area contributed by atoms with E-state index >= 15 is 0 Å². The maximum Gasteiger partial charge on any atom is 0.242 e. The Bertz CT molecular complexity index is 871. The lowest BCUT2D eigenvalue weighted by molar-refractivity contribution is -0.0329. The molecule has 1 aliphatic heterocycles. The molecule has 2 aromatic carbocycles. The third-order valence-electron chi connectivity index (χ3n) is 4.45. The van der Waals surface area contributed by atoms with Crippen LogP contribution in [0.15, 0.2) is 57.9 Å². The van der Waals surface area contributed by atoms with Crippen LogP contribution in [0.5, 0.6) is 0 Å². The number of rotatable bonds is 5. The molecule has 0 N–H and O–H groups in total. The molecule has 5 nitrogen and oxygen atoms in total. The number of ether oxygens (including phenoxy) is 1. The molecule has 0 aliphatic carbocycles. The molecular weight excluding hydrogens is 416 g/mol. The molecule has 0 aromatic heterocycles. The van der Waals surface area contributed by atoms with Crippen LogP contribution in [0.25, 0.3) is 0 Å². The van der Waals surface area contributed by atoms with Crippen molar-refractivity contribution in [3.05, 3.63) is 64.1 Å². The first-order valence-electron chi connectivity index (χ1n) is 8.47. The summed E-state index contributed by atoms with van der Waals surface area (Å²) in [5, 5.41) is 0. The van der Waals surface area contributed by atoms with Crippen molar-refractivity contribution in [2.45, 2.75) is 17.5 Å². The van der Waals surface area contributed by atoms with Gasteiger partial charge in [0.1, 0.15) is 0 Å². The highest BCUT2D eigenvalue weighted by atomic mass is 79.9. The van der Waals surface area contributed by atoms with E-state index in [0.717, 1.165) is 28.7 Å². The monoisotopic (exact) mass is 438 g/mol. The van der Waals surface area contributed by atoms with Crippen LogP contribution in [-0.2, 0) is 21.3 Å². The Balaban J connectivity index is 1.73. The average molecular weight is 439 g/mol. The highest BCUT2D eigenvalue weighted by molar-refractivity contribution is 9.10. The van der Waals surface area contributed by atoms with E-state index in [9.17, 15) is 8.42 Å². The molecule has 26 heavy (non-hydrogen) atoms. The Hall–Kier alpha value is -1.25. The van der Waals surface area contributed by atoms with Gasteiger partial charge >= 0.3 is 0 Å². The van der Waals surface area contributed by atoms with Crippen molar-refractivity contribution >= 4 is 26.0 Å². The van der Waals surface area contributed by atoms with E-state index < -0.39 is 10.0 Å². The summed E-state index contributed by atoms with van der Waals surface area (Å²) >= 11 is 3.51. The van der Waals surface area contributed by atoms with Gasteiger partial charge in [-0.1, -0.05) is 40.2 Å². The number of halogens is 1. The molecule has 2 aromatic rings. The molecule has 0 amide bonds. The zero-order valence-electron chi connectivity index (χ0n) is 14.9. The first-order valence-corrected chi connectivity index (χ1v) is 10.7. The van der Waals surface area contributed by atoms with Gasteiger partial charge in [-0.25, -0.2) is 12.7 Å². The predicted octanol–water partition coefficient (Wildman–Crippen LogP) is 3.27. The van der Waals surface area contributed by atoms with Crippen molar-refractivity contribution in [3.8, 4) is 0 Å². The van der Waals surface area contributed by atoms with Crippen LogP contribution in [0.3, 0.4) is 0 Å². The minimum Gasteiger partial charge on any atom is -0.371 e. The summed E-state index contributed by atoms with van der Waals surface area (Å²) in [5.41, 5.74) is 2.14. The molecule has 7 heteroatoms. The van der Waals surface area contributed by atoms with Gasteiger partial charge in [-0.2, -0.15) is 0 Å². The Kier molecular flexibility index (Phi) is 6.14. The molecule has 1 unspecified atom stereocenters. The lowest BCUT2D eigenvalue weighted by Gasteiger charge is -2.33. The molecule has 0 spiro atoms. The Labute approximate surface area is 163 Å². The zero-order valence-corrected chi connectivity index (χ0v) is 17.3. The number of morpholine rings is 1. The quantitative estimate of drug-likeness (QED) is 0.718. The van der Waals surface area contributed by atoms with Crippen molar-refractivity contribution in [3.63, 3.8) is 0 Å². The average Bonchev–Trinajstić information content (AvgIpc) is 2.62. The maximum atomic E-state index is 12.3. The van der Waals surface area contributed by atoms with Crippen LogP contribution in [-0.4, -0.2) is 51.4 Å². The van der Waals surface area contributed by atoms with E-state index in [1.165, 1.54) is 4.31 Å². The second kappa shape index (κ2) is 8.19. The molecule has 3 rings (SSSR count). The number of hydrogen-bond acceptors (Lipinski definition) is 4. The normalized spacial score (nSPS) is 19.0. The summed E-state index contributed by atoms with van der Waals surface area (Å²) in [6, 6.07) is 15.3. The topological polar surface area (TPSA) is 49.9 Å². The molecule has 0 bridgehead atoms. The van der Waals surface area contributed by atoms with Gasteiger partial charge in [-0.05, 0) is 35.4 Å². The lowest BCUT2D eigenvalue weighted by Crippen LogP contribution is -2.37. The van der Waals surface area contributed by atoms with Gasteiger partial charge in [-0.3, -0.25) is 4.90 Å². The van der Waals surface area contributed by atoms with Gasteiger partial charge in [-0.15, -0.1) is 0 Å². The molecule has 1 fully saturated rings. The second-order valence-electron chi connectivity index (χ2n) is 6.58. The van der Waals surface area contributed by atoms with Gasteiger partial charge in [0.2, 0.25) is 10.0 Å². The van der Waals surface area contributed by atoms with E-state index in [4.69, 9.17) is 4.74 Å². The van der Waals surface area contributed by atoms with E-state index in [0.29, 0.717) is 18.0 Å². The first-order chi connectivity index (χ1) is 12.4. The minimum absolute atomic E-state index is 0.0231. The van der Waals surface area contributed by atoms with Gasteiger partial charge in [0.05, 0.1) is 17.6 Å². The van der Waals surface area contributed by atoms with E-state index in [1.54, 1.807) is 32.3 Å². The highest BCUT2D eigenvalue weighted by Gasteiger charge is 2.23. The van der Waals surface area contributed by atoms with Crippen molar-refractivity contribution in [2.75, 3.05) is 33.8 Å². The van der Waals surface area contributed by atoms with Gasteiger partial charge in [0.25, 0.3) is 0 Å². The summed E-state index contributed by atoms with van der Waals surface area (Å²) in [6.07, 6.45) is 0.0231. The lowest BCUT2D eigenvalue weighted by atomic mass is 10.1. The summed E-state index contributed by atoms with van der Waals surface area (Å²) in [4.78, 5) is 2.63. The first kappa shape index (κ1) is 19.5. The van der Waals surface area contributed by atoms with Gasteiger partial charge < -0.3 is 4.74 Å². The van der Waals surface area contributed by atoms with E-state index in [2.05, 4.69) is 33.0 Å². The fraction of sp³-hybridized carbons (Fsp3) is 0.368. The number of sulfonamides is 1. The molecule has 0 saturated carbocycles. The molecule has 1 heterocycles. The summed E-state index contributed by atoms with van der Waals surface area (Å²) in [6.45, 7) is 2.97. The Morgan fingerprint density at radius 3 is 2.69 bits per heavy atom. The van der Waals surface area contributed by atoms with Crippen molar-refractivity contribution in [2.24, 2.45) is 0 Å². The standard InChI is InChI=1S/C19H23BrN2O3S/c1-21(2)26(23,24)18-8-3-5-15(11-18)13-22-9-10-25-19(14-22)16-6-4-7-17(20)12-16/h3-8,11-12,19H,9-10,13-14H2,1-2H3. The molecular formula is C19H23BrN2O3S. The zero-order chi connectivity index (χ0) is 18.7. The SMILES string of the molecule is CN(C)S(=O)(=O)c1cccc(CN2CCOC(c3cccc(Br)c3)C2)c1. The number of hydrogen-bond donors (Lipinski definition) is 0. The van der Waals surface area contributed by atoms with Crippen molar-refractivity contribution in [1.82, 2.24) is 9.21 Å². The highest BCUT2D eigenvalue weighted by Crippen LogP contribution is 2.26. The Morgan fingerprint density at radius 2 is 1.96 bits per heavy atom. The predicted molar refractivity (Wildman–Crippen MR) is 105 cm³/mol. The van der Waals surface area contributed by atoms with Gasteiger partial charge in [0.15, 0.2) is 0 Å².